The van der Waals surface area contributed by atoms with Gasteiger partial charge in [0.15, 0.2) is 0 Å². The van der Waals surface area contributed by atoms with Gasteiger partial charge < -0.3 is 10.1 Å². The molecular weight excluding hydrogens is 226 g/mol. The quantitative estimate of drug-likeness (QED) is 0.867. The average molecular weight is 247 g/mol. The maximum absolute atomic E-state index is 12.2. The highest BCUT2D eigenvalue weighted by atomic mass is 16.5. The van der Waals surface area contributed by atoms with Gasteiger partial charge in [-0.15, -0.1) is 0 Å². The summed E-state index contributed by atoms with van der Waals surface area (Å²) in [5.41, 5.74) is 1.02. The summed E-state index contributed by atoms with van der Waals surface area (Å²) in [6, 6.07) is 7.84. The van der Waals surface area contributed by atoms with Crippen molar-refractivity contribution in [1.82, 2.24) is 5.32 Å². The normalized spacial score (nSPS) is 16.5. The second-order valence-electron chi connectivity index (χ2n) is 4.71. The summed E-state index contributed by atoms with van der Waals surface area (Å²) in [5, 5.41) is 3.29. The van der Waals surface area contributed by atoms with Gasteiger partial charge in [0.25, 0.3) is 0 Å². The summed E-state index contributed by atoms with van der Waals surface area (Å²) in [6.45, 7) is 4.52. The Morgan fingerprint density at radius 2 is 2.06 bits per heavy atom. The van der Waals surface area contributed by atoms with E-state index >= 15 is 0 Å². The Balaban J connectivity index is 2.01. The van der Waals surface area contributed by atoms with E-state index in [1.54, 1.807) is 0 Å². The van der Waals surface area contributed by atoms with Crippen LogP contribution in [0.3, 0.4) is 0 Å². The molecule has 0 radical (unpaired) electrons. The van der Waals surface area contributed by atoms with Gasteiger partial charge in [0.05, 0.1) is 6.61 Å². The van der Waals surface area contributed by atoms with Crippen LogP contribution in [0.1, 0.15) is 25.3 Å². The van der Waals surface area contributed by atoms with E-state index in [0.29, 0.717) is 18.8 Å². The van der Waals surface area contributed by atoms with Crippen molar-refractivity contribution >= 4 is 5.78 Å². The van der Waals surface area contributed by atoms with Gasteiger partial charge in [-0.25, -0.2) is 0 Å². The summed E-state index contributed by atoms with van der Waals surface area (Å²) in [4.78, 5) is 12.2. The number of para-hydroxylation sites is 1. The number of benzene rings is 1. The molecule has 0 aromatic heterocycles. The highest BCUT2D eigenvalue weighted by Crippen LogP contribution is 2.22. The van der Waals surface area contributed by atoms with E-state index in [1.165, 1.54) is 0 Å². The van der Waals surface area contributed by atoms with Crippen LogP contribution in [0.4, 0.5) is 0 Å². The maximum atomic E-state index is 12.2. The Morgan fingerprint density at radius 3 is 2.78 bits per heavy atom. The van der Waals surface area contributed by atoms with Crippen LogP contribution in [0.2, 0.25) is 0 Å². The molecule has 1 aromatic carbocycles. The van der Waals surface area contributed by atoms with E-state index in [2.05, 4.69) is 5.32 Å². The van der Waals surface area contributed by atoms with Gasteiger partial charge in [-0.1, -0.05) is 18.2 Å². The minimum absolute atomic E-state index is 0.223. The monoisotopic (exact) mass is 247 g/mol. The number of hydrogen-bond acceptors (Lipinski definition) is 3. The minimum Gasteiger partial charge on any atom is -0.494 e. The van der Waals surface area contributed by atoms with Gasteiger partial charge in [0.1, 0.15) is 11.5 Å². The number of carbonyl (C=O) groups is 1. The fraction of sp³-hybridized carbons (Fsp3) is 0.533. The molecule has 3 heteroatoms. The first-order chi connectivity index (χ1) is 8.81. The van der Waals surface area contributed by atoms with Crippen LogP contribution in [-0.4, -0.2) is 25.5 Å². The summed E-state index contributed by atoms with van der Waals surface area (Å²) >= 11 is 0. The van der Waals surface area contributed by atoms with Crippen molar-refractivity contribution in [2.45, 2.75) is 26.2 Å². The fourth-order valence-electron chi connectivity index (χ4n) is 2.42. The smallest absolute Gasteiger partial charge is 0.140 e. The van der Waals surface area contributed by atoms with Crippen molar-refractivity contribution in [3.8, 4) is 5.75 Å². The first-order valence-corrected chi connectivity index (χ1v) is 6.75. The largest absolute Gasteiger partial charge is 0.494 e. The molecule has 1 aromatic rings. The van der Waals surface area contributed by atoms with Crippen LogP contribution in [0, 0.1) is 5.92 Å². The molecule has 1 fully saturated rings. The van der Waals surface area contributed by atoms with Crippen LogP contribution in [0.25, 0.3) is 0 Å². The molecule has 0 amide bonds. The van der Waals surface area contributed by atoms with Crippen molar-refractivity contribution in [2.75, 3.05) is 19.7 Å². The van der Waals surface area contributed by atoms with Gasteiger partial charge >= 0.3 is 0 Å². The fourth-order valence-corrected chi connectivity index (χ4v) is 2.42. The molecule has 1 heterocycles. The third-order valence-corrected chi connectivity index (χ3v) is 3.43. The number of Topliss-reactive ketones (excluding diaryl/α,β-unsaturated/α-hetero) is 1. The molecule has 1 aliphatic heterocycles. The maximum Gasteiger partial charge on any atom is 0.140 e. The van der Waals surface area contributed by atoms with Gasteiger partial charge in [-0.2, -0.15) is 0 Å². The second kappa shape index (κ2) is 6.55. The third kappa shape index (κ3) is 3.33. The predicted octanol–water partition coefficient (Wildman–Crippen LogP) is 2.20. The van der Waals surface area contributed by atoms with Crippen molar-refractivity contribution < 1.29 is 9.53 Å². The van der Waals surface area contributed by atoms with Crippen molar-refractivity contribution in [3.63, 3.8) is 0 Å². The molecule has 0 unspecified atom stereocenters. The predicted molar refractivity (Wildman–Crippen MR) is 71.9 cm³/mol. The number of rotatable bonds is 5. The number of ketones is 1. The molecule has 0 bridgehead atoms. The van der Waals surface area contributed by atoms with E-state index in [0.717, 1.165) is 37.2 Å². The lowest BCUT2D eigenvalue weighted by atomic mass is 9.90. The molecule has 1 aliphatic rings. The Kier molecular flexibility index (Phi) is 4.76. The molecular formula is C15H21NO2. The lowest BCUT2D eigenvalue weighted by Crippen LogP contribution is -2.32. The van der Waals surface area contributed by atoms with Crippen molar-refractivity contribution in [1.29, 1.82) is 0 Å². The van der Waals surface area contributed by atoms with Gasteiger partial charge in [0.2, 0.25) is 0 Å². The molecule has 18 heavy (non-hydrogen) atoms. The minimum atomic E-state index is 0.223. The van der Waals surface area contributed by atoms with Gasteiger partial charge in [-0.3, -0.25) is 4.79 Å². The molecule has 98 valence electrons. The van der Waals surface area contributed by atoms with E-state index < -0.39 is 0 Å². The second-order valence-corrected chi connectivity index (χ2v) is 4.71. The van der Waals surface area contributed by atoms with Crippen LogP contribution in [0.15, 0.2) is 24.3 Å². The van der Waals surface area contributed by atoms with E-state index in [-0.39, 0.29) is 5.92 Å². The van der Waals surface area contributed by atoms with Crippen molar-refractivity contribution in [3.05, 3.63) is 29.8 Å². The summed E-state index contributed by atoms with van der Waals surface area (Å²) in [5.74, 6) is 1.42. The summed E-state index contributed by atoms with van der Waals surface area (Å²) in [7, 11) is 0. The lowest BCUT2D eigenvalue weighted by molar-refractivity contribution is -0.122. The van der Waals surface area contributed by atoms with Gasteiger partial charge in [0, 0.05) is 17.9 Å². The van der Waals surface area contributed by atoms with E-state index in [1.807, 2.05) is 31.2 Å². The molecule has 1 N–H and O–H groups in total. The topological polar surface area (TPSA) is 38.3 Å². The Bertz CT molecular complexity index is 397. The zero-order valence-electron chi connectivity index (χ0n) is 10.9. The Labute approximate surface area is 109 Å². The van der Waals surface area contributed by atoms with Crippen molar-refractivity contribution in [2.24, 2.45) is 5.92 Å². The Morgan fingerprint density at radius 1 is 1.33 bits per heavy atom. The molecule has 2 rings (SSSR count). The molecule has 0 aliphatic carbocycles. The van der Waals surface area contributed by atoms with E-state index in [4.69, 9.17) is 4.74 Å². The molecule has 3 nitrogen and oxygen atoms in total. The molecule has 1 saturated heterocycles. The first kappa shape index (κ1) is 13.1. The van der Waals surface area contributed by atoms with Crippen LogP contribution >= 0.6 is 0 Å². The lowest BCUT2D eigenvalue weighted by Gasteiger charge is -2.21. The SMILES string of the molecule is CCOc1ccccc1CC(=O)C1CCNCC1. The number of nitrogens with one attached hydrogen (secondary N) is 1. The van der Waals surface area contributed by atoms with Gasteiger partial charge in [-0.05, 0) is 38.9 Å². The van der Waals surface area contributed by atoms with E-state index in [9.17, 15) is 4.79 Å². The number of hydrogen-bond donors (Lipinski definition) is 1. The zero-order valence-corrected chi connectivity index (χ0v) is 10.9. The third-order valence-electron chi connectivity index (χ3n) is 3.43. The molecule has 0 saturated carbocycles. The zero-order chi connectivity index (χ0) is 12.8. The van der Waals surface area contributed by atoms with Crippen LogP contribution < -0.4 is 10.1 Å². The number of ether oxygens (including phenoxy) is 1. The number of carbonyl (C=O) groups excluding carboxylic acids is 1. The summed E-state index contributed by atoms with van der Waals surface area (Å²) in [6.07, 6.45) is 2.44. The Hall–Kier alpha value is -1.35. The highest BCUT2D eigenvalue weighted by molar-refractivity contribution is 5.84. The summed E-state index contributed by atoms with van der Waals surface area (Å²) < 4.78 is 5.56. The number of piperidine rings is 1. The average Bonchev–Trinajstić information content (AvgIpc) is 2.42. The molecule has 0 spiro atoms. The standard InChI is InChI=1S/C15H21NO2/c1-2-18-15-6-4-3-5-13(15)11-14(17)12-7-9-16-10-8-12/h3-6,12,16H,2,7-11H2,1H3. The molecule has 0 atom stereocenters. The van der Waals surface area contributed by atoms with Crippen LogP contribution in [-0.2, 0) is 11.2 Å². The van der Waals surface area contributed by atoms with Crippen LogP contribution in [0.5, 0.6) is 5.75 Å². The highest BCUT2D eigenvalue weighted by Gasteiger charge is 2.21. The first-order valence-electron chi connectivity index (χ1n) is 6.75.